The molecule has 0 radical (unpaired) electrons. The van der Waals surface area contributed by atoms with Gasteiger partial charge < -0.3 is 0 Å². The van der Waals surface area contributed by atoms with Gasteiger partial charge in [-0.25, -0.2) is 0 Å². The number of nitrogens with zero attached hydrogens (tertiary/aromatic N) is 4. The van der Waals surface area contributed by atoms with Gasteiger partial charge >= 0.3 is 0 Å². The van der Waals surface area contributed by atoms with Gasteiger partial charge in [0, 0.05) is 32.4 Å². The number of hydrogen-bond donors (Lipinski definition) is 0. The average molecular weight is 218 g/mol. The first kappa shape index (κ1) is 10.9. The SMILES string of the molecule is CC(C)Cn1cc(Cc2cnn(C)c2)cn1. The molecule has 16 heavy (non-hydrogen) atoms. The second-order valence-electron chi connectivity index (χ2n) is 4.66. The fraction of sp³-hybridized carbons (Fsp3) is 0.500. The lowest BCUT2D eigenvalue weighted by Crippen LogP contribution is -2.04. The Balaban J connectivity index is 2.02. The summed E-state index contributed by atoms with van der Waals surface area (Å²) in [7, 11) is 1.94. The van der Waals surface area contributed by atoms with Crippen molar-refractivity contribution in [3.8, 4) is 0 Å². The van der Waals surface area contributed by atoms with Crippen molar-refractivity contribution in [2.45, 2.75) is 26.8 Å². The summed E-state index contributed by atoms with van der Waals surface area (Å²) in [6, 6.07) is 0. The summed E-state index contributed by atoms with van der Waals surface area (Å²) < 4.78 is 3.84. The second kappa shape index (κ2) is 4.51. The smallest absolute Gasteiger partial charge is 0.0525 e. The standard InChI is InChI=1S/C12H18N4/c1-10(2)7-16-9-12(6-14-16)4-11-5-13-15(3)8-11/h5-6,8-10H,4,7H2,1-3H3. The zero-order valence-corrected chi connectivity index (χ0v) is 10.1. The Kier molecular flexibility index (Phi) is 3.08. The molecule has 0 aliphatic rings. The molecule has 0 spiro atoms. The fourth-order valence-corrected chi connectivity index (χ4v) is 1.77. The number of rotatable bonds is 4. The van der Waals surface area contributed by atoms with Gasteiger partial charge in [0.25, 0.3) is 0 Å². The van der Waals surface area contributed by atoms with Crippen LogP contribution in [0.4, 0.5) is 0 Å². The Morgan fingerprint density at radius 3 is 2.44 bits per heavy atom. The van der Waals surface area contributed by atoms with E-state index in [1.807, 2.05) is 35.0 Å². The maximum Gasteiger partial charge on any atom is 0.0525 e. The van der Waals surface area contributed by atoms with Crippen LogP contribution >= 0.6 is 0 Å². The van der Waals surface area contributed by atoms with E-state index >= 15 is 0 Å². The van der Waals surface area contributed by atoms with Crippen LogP contribution in [0.3, 0.4) is 0 Å². The monoisotopic (exact) mass is 218 g/mol. The van der Waals surface area contributed by atoms with Crippen LogP contribution in [0.2, 0.25) is 0 Å². The third-order valence-corrected chi connectivity index (χ3v) is 2.41. The van der Waals surface area contributed by atoms with Gasteiger partial charge in [-0.2, -0.15) is 10.2 Å². The van der Waals surface area contributed by atoms with Crippen molar-refractivity contribution in [1.82, 2.24) is 19.6 Å². The molecule has 2 aromatic heterocycles. The van der Waals surface area contributed by atoms with Crippen molar-refractivity contribution in [1.29, 1.82) is 0 Å². The maximum absolute atomic E-state index is 4.35. The molecule has 0 atom stereocenters. The van der Waals surface area contributed by atoms with Crippen molar-refractivity contribution in [2.75, 3.05) is 0 Å². The topological polar surface area (TPSA) is 35.6 Å². The average Bonchev–Trinajstić information content (AvgIpc) is 2.76. The summed E-state index contributed by atoms with van der Waals surface area (Å²) in [6.07, 6.45) is 8.91. The van der Waals surface area contributed by atoms with Crippen LogP contribution in [0.15, 0.2) is 24.8 Å². The first-order chi connectivity index (χ1) is 7.63. The summed E-state index contributed by atoms with van der Waals surface area (Å²) in [5.41, 5.74) is 2.47. The Labute approximate surface area is 95.9 Å². The van der Waals surface area contributed by atoms with Gasteiger partial charge in [-0.1, -0.05) is 13.8 Å². The fourth-order valence-electron chi connectivity index (χ4n) is 1.77. The van der Waals surface area contributed by atoms with Gasteiger partial charge in [0.15, 0.2) is 0 Å². The Morgan fingerprint density at radius 2 is 1.81 bits per heavy atom. The predicted molar refractivity (Wildman–Crippen MR) is 63.1 cm³/mol. The zero-order valence-electron chi connectivity index (χ0n) is 10.1. The molecule has 4 heteroatoms. The molecule has 0 bridgehead atoms. The van der Waals surface area contributed by atoms with Crippen LogP contribution in [0, 0.1) is 5.92 Å². The summed E-state index contributed by atoms with van der Waals surface area (Å²) in [6.45, 7) is 5.37. The molecule has 2 aromatic rings. The predicted octanol–water partition coefficient (Wildman–Crippen LogP) is 1.86. The van der Waals surface area contributed by atoms with Crippen molar-refractivity contribution >= 4 is 0 Å². The molecular weight excluding hydrogens is 200 g/mol. The summed E-state index contributed by atoms with van der Waals surface area (Å²) in [5.74, 6) is 0.631. The van der Waals surface area contributed by atoms with Crippen LogP contribution < -0.4 is 0 Å². The normalized spacial score (nSPS) is 11.2. The quantitative estimate of drug-likeness (QED) is 0.785. The van der Waals surface area contributed by atoms with E-state index in [0.29, 0.717) is 5.92 Å². The summed E-state index contributed by atoms with van der Waals surface area (Å²) >= 11 is 0. The largest absolute Gasteiger partial charge is 0.276 e. The molecule has 0 aliphatic heterocycles. The van der Waals surface area contributed by atoms with Gasteiger partial charge in [-0.3, -0.25) is 9.36 Å². The van der Waals surface area contributed by atoms with E-state index in [1.165, 1.54) is 11.1 Å². The maximum atomic E-state index is 4.35. The highest BCUT2D eigenvalue weighted by Gasteiger charge is 2.03. The molecule has 0 unspecified atom stereocenters. The van der Waals surface area contributed by atoms with Gasteiger partial charge in [-0.05, 0) is 17.0 Å². The lowest BCUT2D eigenvalue weighted by Gasteiger charge is -2.03. The molecule has 0 aliphatic carbocycles. The molecule has 0 fully saturated rings. The molecule has 0 saturated carbocycles. The molecule has 0 aromatic carbocycles. The van der Waals surface area contributed by atoms with Crippen molar-refractivity contribution < 1.29 is 0 Å². The van der Waals surface area contributed by atoms with Crippen molar-refractivity contribution in [2.24, 2.45) is 13.0 Å². The van der Waals surface area contributed by atoms with E-state index in [2.05, 4.69) is 30.2 Å². The van der Waals surface area contributed by atoms with Gasteiger partial charge in [0.1, 0.15) is 0 Å². The van der Waals surface area contributed by atoms with Crippen molar-refractivity contribution in [3.63, 3.8) is 0 Å². The first-order valence-corrected chi connectivity index (χ1v) is 5.62. The summed E-state index contributed by atoms with van der Waals surface area (Å²) in [5, 5.41) is 8.51. The molecule has 0 N–H and O–H groups in total. The highest BCUT2D eigenvalue weighted by atomic mass is 15.3. The minimum Gasteiger partial charge on any atom is -0.276 e. The minimum absolute atomic E-state index is 0.631. The van der Waals surface area contributed by atoms with E-state index in [0.717, 1.165) is 13.0 Å². The van der Waals surface area contributed by atoms with Crippen LogP contribution in [-0.2, 0) is 20.0 Å². The lowest BCUT2D eigenvalue weighted by molar-refractivity contribution is 0.483. The third-order valence-electron chi connectivity index (χ3n) is 2.41. The Bertz CT molecular complexity index is 453. The minimum atomic E-state index is 0.631. The lowest BCUT2D eigenvalue weighted by atomic mass is 10.1. The van der Waals surface area contributed by atoms with Crippen LogP contribution in [-0.4, -0.2) is 19.6 Å². The van der Waals surface area contributed by atoms with Crippen molar-refractivity contribution in [3.05, 3.63) is 35.9 Å². The van der Waals surface area contributed by atoms with Crippen LogP contribution in [0.1, 0.15) is 25.0 Å². The molecule has 4 nitrogen and oxygen atoms in total. The Hall–Kier alpha value is -1.58. The number of aryl methyl sites for hydroxylation is 1. The van der Waals surface area contributed by atoms with Gasteiger partial charge in [0.05, 0.1) is 12.4 Å². The summed E-state index contributed by atoms with van der Waals surface area (Å²) in [4.78, 5) is 0. The van der Waals surface area contributed by atoms with Crippen LogP contribution in [0.25, 0.3) is 0 Å². The molecule has 2 rings (SSSR count). The molecule has 0 amide bonds. The van der Waals surface area contributed by atoms with E-state index in [1.54, 1.807) is 0 Å². The van der Waals surface area contributed by atoms with E-state index in [4.69, 9.17) is 0 Å². The molecule has 86 valence electrons. The highest BCUT2D eigenvalue weighted by Crippen LogP contribution is 2.08. The van der Waals surface area contributed by atoms with Crippen LogP contribution in [0.5, 0.6) is 0 Å². The van der Waals surface area contributed by atoms with E-state index in [9.17, 15) is 0 Å². The Morgan fingerprint density at radius 1 is 1.12 bits per heavy atom. The molecule has 2 heterocycles. The first-order valence-electron chi connectivity index (χ1n) is 5.62. The van der Waals surface area contributed by atoms with E-state index in [-0.39, 0.29) is 0 Å². The van der Waals surface area contributed by atoms with E-state index < -0.39 is 0 Å². The molecular formula is C12H18N4. The number of aromatic nitrogens is 4. The zero-order chi connectivity index (χ0) is 11.5. The molecule has 0 saturated heterocycles. The second-order valence-corrected chi connectivity index (χ2v) is 4.66. The van der Waals surface area contributed by atoms with Gasteiger partial charge in [-0.15, -0.1) is 0 Å². The number of hydrogen-bond acceptors (Lipinski definition) is 2. The highest BCUT2D eigenvalue weighted by molar-refractivity contribution is 5.17. The van der Waals surface area contributed by atoms with Gasteiger partial charge in [0.2, 0.25) is 0 Å². The third kappa shape index (κ3) is 2.72.